The highest BCUT2D eigenvalue weighted by Crippen LogP contribution is 2.29. The number of carbonyl (C=O) groups is 1. The largest absolute Gasteiger partial charge is 0.479 e. The van der Waals surface area contributed by atoms with Crippen LogP contribution < -0.4 is 0 Å². The summed E-state index contributed by atoms with van der Waals surface area (Å²) in [7, 11) is 0. The Hall–Kier alpha value is -0.890. The molecule has 11 nitrogen and oxygen atoms in total. The van der Waals surface area contributed by atoms with Gasteiger partial charge in [0.25, 0.3) is 0 Å². The number of rotatable bonds is 4. The van der Waals surface area contributed by atoms with E-state index in [1.165, 1.54) is 6.92 Å². The predicted octanol–water partition coefficient (Wildman–Crippen LogP) is -4.23. The molecule has 2 heterocycles. The Labute approximate surface area is 136 Å². The minimum atomic E-state index is -1.89. The van der Waals surface area contributed by atoms with Crippen LogP contribution in [0.5, 0.6) is 0 Å². The van der Waals surface area contributed by atoms with Crippen LogP contribution >= 0.6 is 0 Å². The van der Waals surface area contributed by atoms with E-state index in [9.17, 15) is 35.4 Å². The summed E-state index contributed by atoms with van der Waals surface area (Å²) in [6.07, 6.45) is -15.3. The Morgan fingerprint density at radius 2 is 1.58 bits per heavy atom. The van der Waals surface area contributed by atoms with Crippen molar-refractivity contribution in [1.29, 1.82) is 0 Å². The molecule has 2 aliphatic heterocycles. The maximum atomic E-state index is 11.0. The molecule has 10 atom stereocenters. The summed E-state index contributed by atoms with van der Waals surface area (Å²) in [4.78, 5) is 11.0. The predicted molar refractivity (Wildman–Crippen MR) is 72.6 cm³/mol. The zero-order chi connectivity index (χ0) is 18.2. The van der Waals surface area contributed by atoms with E-state index in [1.807, 2.05) is 0 Å². The number of aliphatic hydroxyl groups is 6. The third-order valence-electron chi connectivity index (χ3n) is 4.21. The number of hydrogen-bond acceptors (Lipinski definition) is 10. The molecule has 0 aliphatic carbocycles. The monoisotopic (exact) mass is 354 g/mol. The fourth-order valence-electron chi connectivity index (χ4n) is 2.76. The molecule has 2 saturated heterocycles. The average molecular weight is 354 g/mol. The highest BCUT2D eigenvalue weighted by molar-refractivity contribution is 5.73. The number of carboxylic acid groups (broad SMARTS) is 1. The summed E-state index contributed by atoms with van der Waals surface area (Å²) in [5.74, 6) is -1.59. The minimum Gasteiger partial charge on any atom is -0.479 e. The van der Waals surface area contributed by atoms with Crippen molar-refractivity contribution < 1.29 is 54.8 Å². The zero-order valence-corrected chi connectivity index (χ0v) is 12.7. The van der Waals surface area contributed by atoms with Crippen LogP contribution in [-0.2, 0) is 19.0 Å². The summed E-state index contributed by atoms with van der Waals surface area (Å²) in [5.41, 5.74) is 0. The van der Waals surface area contributed by atoms with E-state index in [4.69, 9.17) is 19.3 Å². The molecule has 6 unspecified atom stereocenters. The molecule has 0 saturated carbocycles. The fraction of sp³-hybridized carbons (Fsp3) is 0.923. The molecule has 0 aromatic rings. The van der Waals surface area contributed by atoms with E-state index in [0.29, 0.717) is 0 Å². The van der Waals surface area contributed by atoms with E-state index in [-0.39, 0.29) is 0 Å². The first-order valence-corrected chi connectivity index (χ1v) is 7.39. The topological polar surface area (TPSA) is 186 Å². The van der Waals surface area contributed by atoms with Crippen molar-refractivity contribution in [1.82, 2.24) is 0 Å². The quantitative estimate of drug-likeness (QED) is 0.259. The van der Waals surface area contributed by atoms with Gasteiger partial charge in [0.05, 0.1) is 12.7 Å². The summed E-state index contributed by atoms with van der Waals surface area (Å²) in [5, 5.41) is 67.5. The summed E-state index contributed by atoms with van der Waals surface area (Å²) in [6.45, 7) is 0.883. The molecular formula is C13H22O11. The van der Waals surface area contributed by atoms with Crippen LogP contribution in [0.15, 0.2) is 0 Å². The van der Waals surface area contributed by atoms with Crippen molar-refractivity contribution in [3.05, 3.63) is 0 Å². The van der Waals surface area contributed by atoms with Crippen LogP contribution in [0.25, 0.3) is 0 Å². The lowest BCUT2D eigenvalue weighted by molar-refractivity contribution is -0.335. The second kappa shape index (κ2) is 7.56. The molecule has 0 radical (unpaired) electrons. The first-order chi connectivity index (χ1) is 11.2. The Bertz CT molecular complexity index is 444. The van der Waals surface area contributed by atoms with Gasteiger partial charge in [0.2, 0.25) is 0 Å². The van der Waals surface area contributed by atoms with Gasteiger partial charge in [0.15, 0.2) is 12.4 Å². The third-order valence-corrected chi connectivity index (χ3v) is 4.21. The molecular weight excluding hydrogens is 332 g/mol. The fourth-order valence-corrected chi connectivity index (χ4v) is 2.76. The van der Waals surface area contributed by atoms with Gasteiger partial charge in [-0.15, -0.1) is 0 Å². The standard InChI is InChI=1S/C13H22O11/c1-3-5(15)7(17)10(4(2-14)22-3)23-13-9(19)6(16)8(18)11(24-13)12(20)21/h3-11,13-19H,2H2,1H3,(H,20,21)/t3-,4?,5?,6?,7?,8+,9?,10-,11?,13-/m1/s1. The van der Waals surface area contributed by atoms with Crippen molar-refractivity contribution in [2.75, 3.05) is 6.61 Å². The molecule has 140 valence electrons. The molecule has 0 aromatic carbocycles. The van der Waals surface area contributed by atoms with Gasteiger partial charge in [-0.05, 0) is 6.92 Å². The van der Waals surface area contributed by atoms with Gasteiger partial charge in [-0.2, -0.15) is 0 Å². The lowest BCUT2D eigenvalue weighted by Gasteiger charge is -2.45. The minimum absolute atomic E-state index is 0.588. The van der Waals surface area contributed by atoms with Crippen molar-refractivity contribution in [2.24, 2.45) is 0 Å². The van der Waals surface area contributed by atoms with Gasteiger partial charge in [0.1, 0.15) is 42.7 Å². The van der Waals surface area contributed by atoms with Crippen LogP contribution in [0.2, 0.25) is 0 Å². The average Bonchev–Trinajstić information content (AvgIpc) is 2.54. The second-order valence-electron chi connectivity index (χ2n) is 5.88. The van der Waals surface area contributed by atoms with Gasteiger partial charge >= 0.3 is 5.97 Å². The van der Waals surface area contributed by atoms with E-state index in [1.54, 1.807) is 0 Å². The molecule has 2 fully saturated rings. The summed E-state index contributed by atoms with van der Waals surface area (Å²) < 4.78 is 15.5. The molecule has 0 aromatic heterocycles. The van der Waals surface area contributed by atoms with Crippen LogP contribution in [0.3, 0.4) is 0 Å². The van der Waals surface area contributed by atoms with Crippen molar-refractivity contribution >= 4 is 5.97 Å². The van der Waals surface area contributed by atoms with Crippen molar-refractivity contribution in [3.8, 4) is 0 Å². The normalized spacial score (nSPS) is 49.8. The van der Waals surface area contributed by atoms with Gasteiger partial charge in [0, 0.05) is 0 Å². The van der Waals surface area contributed by atoms with Crippen molar-refractivity contribution in [2.45, 2.75) is 68.1 Å². The van der Waals surface area contributed by atoms with E-state index in [0.717, 1.165) is 0 Å². The number of aliphatic hydroxyl groups excluding tert-OH is 6. The number of carboxylic acids is 1. The first kappa shape index (κ1) is 19.4. The van der Waals surface area contributed by atoms with Crippen LogP contribution in [0.4, 0.5) is 0 Å². The van der Waals surface area contributed by atoms with Crippen molar-refractivity contribution in [3.63, 3.8) is 0 Å². The van der Waals surface area contributed by atoms with Gasteiger partial charge in [-0.25, -0.2) is 4.79 Å². The van der Waals surface area contributed by atoms with Crippen LogP contribution in [0, 0.1) is 0 Å². The Morgan fingerprint density at radius 1 is 0.958 bits per heavy atom. The summed E-state index contributed by atoms with van der Waals surface area (Å²) in [6, 6.07) is 0. The number of aliphatic carboxylic acids is 1. The first-order valence-electron chi connectivity index (χ1n) is 7.39. The highest BCUT2D eigenvalue weighted by atomic mass is 16.7. The molecule has 7 N–H and O–H groups in total. The molecule has 24 heavy (non-hydrogen) atoms. The second-order valence-corrected chi connectivity index (χ2v) is 5.88. The molecule has 11 heteroatoms. The Morgan fingerprint density at radius 3 is 2.12 bits per heavy atom. The SMILES string of the molecule is C[C@H]1OC(CO)[C@@H](O[C@@H]2OC(C(=O)O)[C@@H](O)C(O)C2O)C(O)C1O. The number of ether oxygens (including phenoxy) is 3. The van der Waals surface area contributed by atoms with E-state index >= 15 is 0 Å². The lowest BCUT2D eigenvalue weighted by Crippen LogP contribution is -2.64. The van der Waals surface area contributed by atoms with E-state index in [2.05, 4.69) is 0 Å². The lowest BCUT2D eigenvalue weighted by atomic mass is 9.95. The molecule has 2 rings (SSSR count). The smallest absolute Gasteiger partial charge is 0.335 e. The summed E-state index contributed by atoms with van der Waals surface area (Å²) >= 11 is 0. The maximum Gasteiger partial charge on any atom is 0.335 e. The third kappa shape index (κ3) is 3.54. The Balaban J connectivity index is 2.16. The highest BCUT2D eigenvalue weighted by Gasteiger charge is 2.51. The van der Waals surface area contributed by atoms with Gasteiger partial charge in [-0.3, -0.25) is 0 Å². The molecule has 0 spiro atoms. The van der Waals surface area contributed by atoms with E-state index < -0.39 is 73.8 Å². The molecule has 2 aliphatic rings. The molecule has 0 amide bonds. The molecule has 0 bridgehead atoms. The van der Waals surface area contributed by atoms with Crippen LogP contribution in [-0.4, -0.2) is 110 Å². The van der Waals surface area contributed by atoms with Gasteiger partial charge in [-0.1, -0.05) is 0 Å². The number of hydrogen-bond donors (Lipinski definition) is 7. The Kier molecular flexibility index (Phi) is 6.12. The zero-order valence-electron chi connectivity index (χ0n) is 12.7. The van der Waals surface area contributed by atoms with Crippen LogP contribution in [0.1, 0.15) is 6.92 Å². The maximum absolute atomic E-state index is 11.0. The van der Waals surface area contributed by atoms with Gasteiger partial charge < -0.3 is 50.0 Å².